The van der Waals surface area contributed by atoms with Crippen LogP contribution in [-0.4, -0.2) is 57.1 Å². The number of benzene rings is 2. The van der Waals surface area contributed by atoms with E-state index in [9.17, 15) is 0 Å². The minimum absolute atomic E-state index is 0. The first kappa shape index (κ1) is 35.9. The Morgan fingerprint density at radius 1 is 0.556 bits per heavy atom. The largest absolute Gasteiger partial charge is 0.593 e. The van der Waals surface area contributed by atoms with Gasteiger partial charge in [-0.2, -0.15) is 0 Å². The van der Waals surface area contributed by atoms with Crippen LogP contribution in [0, 0.1) is 35.5 Å². The van der Waals surface area contributed by atoms with Crippen LogP contribution < -0.4 is 0 Å². The predicted octanol–water partition coefficient (Wildman–Crippen LogP) is 6.48. The SMILES string of the molecule is CC[OH2+].CC[OH2+].[OH2+]c1ccccc1C=NC12CC3CC(CC(C3)C1)C2.[OH2+]c1ccccc1C=NC12CC3CC(CC(C3)C1)C2.[Ti]. The van der Waals surface area contributed by atoms with Crippen LogP contribution in [0.2, 0.25) is 0 Å². The molecular formula is C38H58N2O4Ti+4. The molecule has 8 saturated carbocycles. The van der Waals surface area contributed by atoms with Crippen molar-refractivity contribution >= 4 is 12.4 Å². The van der Waals surface area contributed by atoms with Gasteiger partial charge < -0.3 is 20.4 Å². The molecule has 2 aromatic carbocycles. The molecule has 6 nitrogen and oxygen atoms in total. The van der Waals surface area contributed by atoms with Gasteiger partial charge in [-0.05, 0) is 125 Å². The molecule has 0 atom stereocenters. The van der Waals surface area contributed by atoms with Gasteiger partial charge in [0.2, 0.25) is 0 Å². The van der Waals surface area contributed by atoms with Crippen molar-refractivity contribution in [2.75, 3.05) is 13.2 Å². The maximum absolute atomic E-state index is 7.92. The van der Waals surface area contributed by atoms with Crippen molar-refractivity contribution < 1.29 is 42.1 Å². The number of para-hydroxylation sites is 2. The minimum Gasteiger partial charge on any atom is -0.593 e. The van der Waals surface area contributed by atoms with Gasteiger partial charge in [-0.1, -0.05) is 24.3 Å². The fraction of sp³-hybridized carbons (Fsp3) is 0.632. The van der Waals surface area contributed by atoms with Gasteiger partial charge in [0.25, 0.3) is 11.5 Å². The van der Waals surface area contributed by atoms with E-state index in [0.29, 0.717) is 24.7 Å². The first-order chi connectivity index (χ1) is 21.3. The molecule has 2 aromatic rings. The summed E-state index contributed by atoms with van der Waals surface area (Å²) in [4.78, 5) is 10.0. The summed E-state index contributed by atoms with van der Waals surface area (Å²) in [6, 6.07) is 15.5. The average molecular weight is 655 g/mol. The van der Waals surface area contributed by atoms with Crippen molar-refractivity contribution in [1.29, 1.82) is 0 Å². The summed E-state index contributed by atoms with van der Waals surface area (Å²) in [6.45, 7) is 4.58. The molecule has 0 aliphatic heterocycles. The molecule has 7 heteroatoms. The van der Waals surface area contributed by atoms with Crippen LogP contribution >= 0.6 is 0 Å². The topological polar surface area (TPSA) is 116 Å². The van der Waals surface area contributed by atoms with Gasteiger partial charge in [0.15, 0.2) is 0 Å². The van der Waals surface area contributed by atoms with E-state index in [2.05, 4.69) is 0 Å². The van der Waals surface area contributed by atoms with Crippen LogP contribution in [0.1, 0.15) is 102 Å². The normalized spacial score (nSPS) is 34.7. The summed E-state index contributed by atoms with van der Waals surface area (Å²) < 4.78 is 0. The zero-order chi connectivity index (χ0) is 31.2. The molecule has 8 aliphatic rings. The second kappa shape index (κ2) is 16.2. The molecule has 45 heavy (non-hydrogen) atoms. The Balaban J connectivity index is 0.000000172. The zero-order valence-corrected chi connectivity index (χ0v) is 29.1. The molecule has 8 fully saturated rings. The van der Waals surface area contributed by atoms with Crippen molar-refractivity contribution in [2.45, 2.75) is 102 Å². The van der Waals surface area contributed by atoms with E-state index in [1.807, 2.05) is 61.0 Å². The van der Waals surface area contributed by atoms with Gasteiger partial charge >= 0.3 is 0 Å². The molecule has 0 radical (unpaired) electrons. The molecule has 0 saturated heterocycles. The number of hydrogen-bond donors (Lipinski definition) is 0. The van der Waals surface area contributed by atoms with E-state index in [1.165, 1.54) is 77.0 Å². The minimum atomic E-state index is 0. The Kier molecular flexibility index (Phi) is 12.9. The third-order valence-electron chi connectivity index (χ3n) is 10.9. The third-order valence-corrected chi connectivity index (χ3v) is 10.9. The number of rotatable bonds is 4. The van der Waals surface area contributed by atoms with Crippen molar-refractivity contribution in [2.24, 2.45) is 45.5 Å². The standard InChI is InChI=1S/2C17H21NO.2C2H6O.Ti/c2*19-16-4-2-1-3-15(16)11-18-17-8-12-5-13(9-17)7-14(6-12)10-17;2*1-2-3;/h2*1-4,11-14,19H,5-10H2;2*3H,2H2,1H3;/p+4. The Morgan fingerprint density at radius 3 is 1.04 bits per heavy atom. The zero-order valence-electron chi connectivity index (χ0n) is 27.5. The van der Waals surface area contributed by atoms with Crippen LogP contribution in [0.3, 0.4) is 0 Å². The Labute approximate surface area is 285 Å². The Hall–Kier alpha value is -1.99. The molecular weight excluding hydrogens is 596 g/mol. The molecule has 0 heterocycles. The monoisotopic (exact) mass is 654 g/mol. The summed E-state index contributed by atoms with van der Waals surface area (Å²) >= 11 is 0. The first-order valence-electron chi connectivity index (χ1n) is 17.3. The van der Waals surface area contributed by atoms with Gasteiger partial charge in [-0.15, -0.1) is 0 Å². The van der Waals surface area contributed by atoms with E-state index in [-0.39, 0.29) is 32.8 Å². The summed E-state index contributed by atoms with van der Waals surface area (Å²) in [7, 11) is 0. The fourth-order valence-electron chi connectivity index (χ4n) is 10.1. The average Bonchev–Trinajstić information content (AvgIpc) is 2.96. The maximum Gasteiger partial charge on any atom is 0.262 e. The second-order valence-corrected chi connectivity index (χ2v) is 14.7. The summed E-state index contributed by atoms with van der Waals surface area (Å²) in [5, 5.41) is 28.3. The second-order valence-electron chi connectivity index (χ2n) is 14.7. The first-order valence-corrected chi connectivity index (χ1v) is 17.3. The van der Waals surface area contributed by atoms with Crippen LogP contribution in [0.4, 0.5) is 0 Å². The Morgan fingerprint density at radius 2 is 0.800 bits per heavy atom. The molecule has 10 rings (SSSR count). The van der Waals surface area contributed by atoms with Crippen LogP contribution in [0.15, 0.2) is 58.5 Å². The van der Waals surface area contributed by atoms with E-state index >= 15 is 0 Å². The van der Waals surface area contributed by atoms with Crippen LogP contribution in [0.25, 0.3) is 0 Å². The molecule has 0 amide bonds. The molecule has 0 unspecified atom stereocenters. The fourth-order valence-corrected chi connectivity index (χ4v) is 10.1. The van der Waals surface area contributed by atoms with Crippen molar-refractivity contribution in [3.8, 4) is 11.5 Å². The van der Waals surface area contributed by atoms with E-state index in [1.54, 1.807) is 13.8 Å². The van der Waals surface area contributed by atoms with Crippen molar-refractivity contribution in [1.82, 2.24) is 0 Å². The summed E-state index contributed by atoms with van der Waals surface area (Å²) in [6.07, 6.45) is 20.5. The van der Waals surface area contributed by atoms with E-state index in [0.717, 1.165) is 46.6 Å². The number of nitrogens with zero attached hydrogens (tertiary/aromatic N) is 2. The van der Waals surface area contributed by atoms with Gasteiger partial charge in [-0.25, -0.2) is 0 Å². The van der Waals surface area contributed by atoms with E-state index < -0.39 is 0 Å². The maximum atomic E-state index is 7.92. The van der Waals surface area contributed by atoms with Crippen molar-refractivity contribution in [3.63, 3.8) is 0 Å². The van der Waals surface area contributed by atoms with Gasteiger partial charge in [-0.3, -0.25) is 9.98 Å². The van der Waals surface area contributed by atoms with Crippen LogP contribution in [-0.2, 0) is 21.7 Å². The summed E-state index contributed by atoms with van der Waals surface area (Å²) in [5.74, 6) is 6.82. The van der Waals surface area contributed by atoms with Gasteiger partial charge in [0.1, 0.15) is 13.2 Å². The van der Waals surface area contributed by atoms with Gasteiger partial charge in [0.05, 0.1) is 22.2 Å². The summed E-state index contributed by atoms with van der Waals surface area (Å²) in [5.41, 5.74) is 2.41. The molecule has 0 spiro atoms. The molecule has 8 bridgehead atoms. The molecule has 8 N–H and O–H groups in total. The third kappa shape index (κ3) is 9.09. The molecule has 244 valence electrons. The molecule has 8 aliphatic carbocycles. The Bertz CT molecular complexity index is 1110. The number of hydrogen-bond acceptors (Lipinski definition) is 2. The van der Waals surface area contributed by atoms with Crippen molar-refractivity contribution in [3.05, 3.63) is 59.7 Å². The van der Waals surface area contributed by atoms with Gasteiger partial charge in [0, 0.05) is 60.1 Å². The quantitative estimate of drug-likeness (QED) is 0.204. The van der Waals surface area contributed by atoms with Crippen LogP contribution in [0.5, 0.6) is 11.5 Å². The van der Waals surface area contributed by atoms with E-state index in [4.69, 9.17) is 30.4 Å². The smallest absolute Gasteiger partial charge is 0.262 e. The molecule has 0 aromatic heterocycles. The predicted molar refractivity (Wildman–Crippen MR) is 184 cm³/mol. The number of aliphatic imine (C=N–C) groups is 2.